The van der Waals surface area contributed by atoms with Crippen LogP contribution < -0.4 is 10.2 Å². The average Bonchev–Trinajstić information content (AvgIpc) is 2.69. The van der Waals surface area contributed by atoms with E-state index in [0.29, 0.717) is 11.7 Å². The number of rotatable bonds is 5. The Bertz CT molecular complexity index is 435. The summed E-state index contributed by atoms with van der Waals surface area (Å²) in [4.78, 5) is 6.73. The van der Waals surface area contributed by atoms with Crippen molar-refractivity contribution >= 4 is 16.5 Å². The normalized spacial score (nSPS) is 12.8. The zero-order valence-corrected chi connectivity index (χ0v) is 13.4. The van der Waals surface area contributed by atoms with Gasteiger partial charge < -0.3 is 10.2 Å². The predicted octanol–water partition coefficient (Wildman–Crippen LogP) is 3.55. The van der Waals surface area contributed by atoms with Crippen LogP contribution >= 0.6 is 11.3 Å². The van der Waals surface area contributed by atoms with Crippen LogP contribution in [0, 0.1) is 0 Å². The lowest BCUT2D eigenvalue weighted by molar-refractivity contribution is -0.119. The molecule has 0 unspecified atom stereocenters. The van der Waals surface area contributed by atoms with Gasteiger partial charge in [-0.3, -0.25) is 0 Å². The van der Waals surface area contributed by atoms with Gasteiger partial charge in [0.1, 0.15) is 6.54 Å². The summed E-state index contributed by atoms with van der Waals surface area (Å²) >= 11 is 1.34. The Labute approximate surface area is 122 Å². The predicted molar refractivity (Wildman–Crippen MR) is 77.5 cm³/mol. The standard InChI is InChI=1S/C13H22F3N3S/c1-6-19(8-13(14,15)16)11-18-10(12(2,3)4)9(20-11)7-17-5/h17H,6-8H2,1-5H3. The highest BCUT2D eigenvalue weighted by atomic mass is 32.1. The lowest BCUT2D eigenvalue weighted by Crippen LogP contribution is -2.34. The largest absolute Gasteiger partial charge is 0.406 e. The van der Waals surface area contributed by atoms with E-state index in [1.165, 1.54) is 16.2 Å². The van der Waals surface area contributed by atoms with E-state index in [9.17, 15) is 13.2 Å². The highest BCUT2D eigenvalue weighted by molar-refractivity contribution is 7.15. The van der Waals surface area contributed by atoms with E-state index < -0.39 is 12.7 Å². The fourth-order valence-electron chi connectivity index (χ4n) is 1.87. The molecule has 0 aromatic carbocycles. The second-order valence-corrected chi connectivity index (χ2v) is 6.74. The highest BCUT2D eigenvalue weighted by Gasteiger charge is 2.32. The molecule has 0 aliphatic heterocycles. The third-order valence-corrected chi connectivity index (χ3v) is 3.87. The van der Waals surface area contributed by atoms with Crippen LogP contribution in [-0.4, -0.2) is 31.3 Å². The van der Waals surface area contributed by atoms with Gasteiger partial charge in [-0.1, -0.05) is 20.8 Å². The van der Waals surface area contributed by atoms with Crippen LogP contribution in [-0.2, 0) is 12.0 Å². The number of hydrogen-bond donors (Lipinski definition) is 1. The van der Waals surface area contributed by atoms with Crippen molar-refractivity contribution in [2.75, 3.05) is 25.0 Å². The van der Waals surface area contributed by atoms with E-state index >= 15 is 0 Å². The maximum absolute atomic E-state index is 12.6. The van der Waals surface area contributed by atoms with Gasteiger partial charge in [-0.05, 0) is 14.0 Å². The summed E-state index contributed by atoms with van der Waals surface area (Å²) in [6.07, 6.45) is -4.22. The molecule has 7 heteroatoms. The van der Waals surface area contributed by atoms with Gasteiger partial charge >= 0.3 is 6.18 Å². The van der Waals surface area contributed by atoms with Gasteiger partial charge in [0.2, 0.25) is 0 Å². The summed E-state index contributed by atoms with van der Waals surface area (Å²) in [7, 11) is 1.82. The molecule has 1 aromatic rings. The molecule has 0 amide bonds. The maximum Gasteiger partial charge on any atom is 0.406 e. The van der Waals surface area contributed by atoms with E-state index in [2.05, 4.69) is 10.3 Å². The second kappa shape index (κ2) is 6.30. The molecule has 116 valence electrons. The summed E-state index contributed by atoms with van der Waals surface area (Å²) in [6.45, 7) is 7.71. The van der Waals surface area contributed by atoms with E-state index in [0.717, 1.165) is 10.6 Å². The topological polar surface area (TPSA) is 28.2 Å². The first-order valence-corrected chi connectivity index (χ1v) is 7.36. The number of thiazole rings is 1. The van der Waals surface area contributed by atoms with Crippen molar-refractivity contribution in [2.45, 2.75) is 45.8 Å². The maximum atomic E-state index is 12.6. The van der Waals surface area contributed by atoms with Gasteiger partial charge in [0.15, 0.2) is 5.13 Å². The van der Waals surface area contributed by atoms with E-state index in [4.69, 9.17) is 0 Å². The molecule has 0 atom stereocenters. The SMILES string of the molecule is CCN(CC(F)(F)F)c1nc(C(C)(C)C)c(CNC)s1. The van der Waals surface area contributed by atoms with Crippen molar-refractivity contribution in [1.29, 1.82) is 0 Å². The van der Waals surface area contributed by atoms with Gasteiger partial charge in [0, 0.05) is 23.4 Å². The monoisotopic (exact) mass is 309 g/mol. The molecule has 0 aliphatic rings. The first kappa shape index (κ1) is 17.2. The molecule has 0 bridgehead atoms. The van der Waals surface area contributed by atoms with Crippen molar-refractivity contribution in [1.82, 2.24) is 10.3 Å². The van der Waals surface area contributed by atoms with Crippen LogP contribution in [0.25, 0.3) is 0 Å². The number of halogens is 3. The molecule has 1 rings (SSSR count). The summed E-state index contributed by atoms with van der Waals surface area (Å²) in [6, 6.07) is 0. The van der Waals surface area contributed by atoms with Gasteiger partial charge in [0.25, 0.3) is 0 Å². The number of nitrogens with one attached hydrogen (secondary N) is 1. The Balaban J connectivity index is 3.12. The minimum atomic E-state index is -4.22. The molecule has 0 aliphatic carbocycles. The molecule has 3 nitrogen and oxygen atoms in total. The summed E-state index contributed by atoms with van der Waals surface area (Å²) in [5.41, 5.74) is 0.686. The summed E-state index contributed by atoms with van der Waals surface area (Å²) < 4.78 is 37.8. The summed E-state index contributed by atoms with van der Waals surface area (Å²) in [5.74, 6) is 0. The fraction of sp³-hybridized carbons (Fsp3) is 0.769. The minimum absolute atomic E-state index is 0.182. The Hall–Kier alpha value is -0.820. The lowest BCUT2D eigenvalue weighted by Gasteiger charge is -2.21. The smallest absolute Gasteiger partial charge is 0.339 e. The second-order valence-electron chi connectivity index (χ2n) is 5.68. The van der Waals surface area contributed by atoms with Crippen molar-refractivity contribution < 1.29 is 13.2 Å². The molecule has 1 N–H and O–H groups in total. The van der Waals surface area contributed by atoms with E-state index in [1.54, 1.807) is 6.92 Å². The van der Waals surface area contributed by atoms with Crippen LogP contribution in [0.3, 0.4) is 0 Å². The number of aromatic nitrogens is 1. The first-order valence-electron chi connectivity index (χ1n) is 6.55. The molecule has 0 fully saturated rings. The molecular formula is C13H22F3N3S. The van der Waals surface area contributed by atoms with E-state index in [1.807, 2.05) is 27.8 Å². The van der Waals surface area contributed by atoms with Gasteiger partial charge in [0.05, 0.1) is 5.69 Å². The number of nitrogens with zero attached hydrogens (tertiary/aromatic N) is 2. The molecule has 1 heterocycles. The number of anilines is 1. The van der Waals surface area contributed by atoms with Crippen LogP contribution in [0.1, 0.15) is 38.3 Å². The van der Waals surface area contributed by atoms with Crippen LogP contribution in [0.4, 0.5) is 18.3 Å². The molecule has 0 radical (unpaired) electrons. The third kappa shape index (κ3) is 4.63. The van der Waals surface area contributed by atoms with Crippen LogP contribution in [0.2, 0.25) is 0 Å². The fourth-order valence-corrected chi connectivity index (χ4v) is 3.22. The Morgan fingerprint density at radius 3 is 2.25 bits per heavy atom. The van der Waals surface area contributed by atoms with Crippen LogP contribution in [0.15, 0.2) is 0 Å². The quantitative estimate of drug-likeness (QED) is 0.901. The van der Waals surface area contributed by atoms with Crippen molar-refractivity contribution in [2.24, 2.45) is 0 Å². The lowest BCUT2D eigenvalue weighted by atomic mass is 9.91. The van der Waals surface area contributed by atoms with Gasteiger partial charge in [-0.15, -0.1) is 11.3 Å². The van der Waals surface area contributed by atoms with Crippen LogP contribution in [0.5, 0.6) is 0 Å². The minimum Gasteiger partial charge on any atom is -0.339 e. The Morgan fingerprint density at radius 1 is 1.25 bits per heavy atom. The summed E-state index contributed by atoms with van der Waals surface area (Å²) in [5, 5.41) is 3.49. The van der Waals surface area contributed by atoms with E-state index in [-0.39, 0.29) is 12.0 Å². The zero-order valence-electron chi connectivity index (χ0n) is 12.6. The number of alkyl halides is 3. The van der Waals surface area contributed by atoms with Gasteiger partial charge in [-0.2, -0.15) is 13.2 Å². The van der Waals surface area contributed by atoms with Crippen molar-refractivity contribution in [3.8, 4) is 0 Å². The van der Waals surface area contributed by atoms with Crippen molar-refractivity contribution in [3.63, 3.8) is 0 Å². The van der Waals surface area contributed by atoms with Crippen molar-refractivity contribution in [3.05, 3.63) is 10.6 Å². The molecular weight excluding hydrogens is 287 g/mol. The first-order chi connectivity index (χ1) is 9.08. The Morgan fingerprint density at radius 2 is 1.85 bits per heavy atom. The highest BCUT2D eigenvalue weighted by Crippen LogP contribution is 2.34. The molecule has 0 saturated carbocycles. The molecule has 0 spiro atoms. The molecule has 0 saturated heterocycles. The average molecular weight is 309 g/mol. The molecule has 1 aromatic heterocycles. The third-order valence-electron chi connectivity index (χ3n) is 2.76. The zero-order chi connectivity index (χ0) is 15.6. The number of hydrogen-bond acceptors (Lipinski definition) is 4. The molecule has 20 heavy (non-hydrogen) atoms. The Kier molecular flexibility index (Phi) is 5.43. The van der Waals surface area contributed by atoms with Gasteiger partial charge in [-0.25, -0.2) is 4.98 Å².